The summed E-state index contributed by atoms with van der Waals surface area (Å²) in [6.45, 7) is 1.95. The lowest BCUT2D eigenvalue weighted by molar-refractivity contribution is 0.0697. The van der Waals surface area contributed by atoms with E-state index in [9.17, 15) is 4.79 Å². The maximum atomic E-state index is 11.0. The minimum atomic E-state index is -1.05. The first kappa shape index (κ1) is 11.6. The van der Waals surface area contributed by atoms with Gasteiger partial charge in [-0.05, 0) is 18.2 Å². The summed E-state index contributed by atoms with van der Waals surface area (Å²) in [5, 5.41) is 16.9. The maximum absolute atomic E-state index is 11.0. The average Bonchev–Trinajstić information content (AvgIpc) is 2.77. The predicted octanol–water partition coefficient (Wildman–Crippen LogP) is 2.18. The van der Waals surface area contributed by atoms with E-state index in [4.69, 9.17) is 16.7 Å². The Balaban J connectivity index is 2.54. The van der Waals surface area contributed by atoms with Crippen LogP contribution in [0.25, 0.3) is 5.69 Å². The average molecular weight is 252 g/mol. The molecule has 5 nitrogen and oxygen atoms in total. The molecule has 0 spiro atoms. The molecule has 1 heterocycles. The minimum absolute atomic E-state index is 0.0694. The largest absolute Gasteiger partial charge is 0.478 e. The van der Waals surface area contributed by atoms with Crippen LogP contribution in [0.1, 0.15) is 23.1 Å². The lowest BCUT2D eigenvalue weighted by atomic mass is 10.2. The Hall–Kier alpha value is -1.88. The second-order valence-electron chi connectivity index (χ2n) is 3.44. The standard InChI is InChI=1S/C11H10ClN3O2/c1-2-10-14-13-6-15(10)7-3-4-9(12)8(5-7)11(16)17/h3-6H,2H2,1H3,(H,16,17). The fourth-order valence-corrected chi connectivity index (χ4v) is 1.74. The first-order valence-corrected chi connectivity index (χ1v) is 5.43. The summed E-state index contributed by atoms with van der Waals surface area (Å²) >= 11 is 5.80. The highest BCUT2D eigenvalue weighted by Crippen LogP contribution is 2.20. The third kappa shape index (κ3) is 2.14. The summed E-state index contributed by atoms with van der Waals surface area (Å²) in [5.74, 6) is -0.286. The number of rotatable bonds is 3. The third-order valence-electron chi connectivity index (χ3n) is 2.39. The topological polar surface area (TPSA) is 68.0 Å². The van der Waals surface area contributed by atoms with Gasteiger partial charge in [-0.25, -0.2) is 4.79 Å². The zero-order valence-corrected chi connectivity index (χ0v) is 9.85. The van der Waals surface area contributed by atoms with Gasteiger partial charge in [0.2, 0.25) is 0 Å². The molecular formula is C11H10ClN3O2. The number of nitrogens with zero attached hydrogens (tertiary/aromatic N) is 3. The van der Waals surface area contributed by atoms with E-state index < -0.39 is 5.97 Å². The van der Waals surface area contributed by atoms with Gasteiger partial charge in [0.05, 0.1) is 10.6 Å². The molecule has 0 saturated carbocycles. The van der Waals surface area contributed by atoms with Crippen molar-refractivity contribution in [2.75, 3.05) is 0 Å². The quantitative estimate of drug-likeness (QED) is 0.908. The zero-order chi connectivity index (χ0) is 12.4. The van der Waals surface area contributed by atoms with Crippen molar-refractivity contribution in [1.29, 1.82) is 0 Å². The van der Waals surface area contributed by atoms with Crippen LogP contribution in [0.2, 0.25) is 5.02 Å². The van der Waals surface area contributed by atoms with Crippen molar-refractivity contribution in [3.63, 3.8) is 0 Å². The maximum Gasteiger partial charge on any atom is 0.337 e. The molecule has 0 saturated heterocycles. The number of carbonyl (C=O) groups is 1. The summed E-state index contributed by atoms with van der Waals surface area (Å²) in [7, 11) is 0. The predicted molar refractivity (Wildman–Crippen MR) is 62.7 cm³/mol. The molecule has 0 aliphatic carbocycles. The van der Waals surface area contributed by atoms with Gasteiger partial charge >= 0.3 is 5.97 Å². The van der Waals surface area contributed by atoms with Crippen molar-refractivity contribution in [2.45, 2.75) is 13.3 Å². The molecule has 0 radical (unpaired) electrons. The van der Waals surface area contributed by atoms with E-state index in [0.717, 1.165) is 5.82 Å². The van der Waals surface area contributed by atoms with Gasteiger partial charge in [-0.1, -0.05) is 18.5 Å². The molecule has 1 aromatic carbocycles. The SMILES string of the molecule is CCc1nncn1-c1ccc(Cl)c(C(=O)O)c1. The summed E-state index contributed by atoms with van der Waals surface area (Å²) in [5.41, 5.74) is 0.758. The Morgan fingerprint density at radius 3 is 2.94 bits per heavy atom. The second-order valence-corrected chi connectivity index (χ2v) is 3.85. The van der Waals surface area contributed by atoms with Crippen molar-refractivity contribution >= 4 is 17.6 Å². The first-order chi connectivity index (χ1) is 8.13. The molecule has 88 valence electrons. The van der Waals surface area contributed by atoms with E-state index in [2.05, 4.69) is 10.2 Å². The summed E-state index contributed by atoms with van der Waals surface area (Å²) in [6.07, 6.45) is 2.26. The van der Waals surface area contributed by atoms with E-state index >= 15 is 0 Å². The van der Waals surface area contributed by atoms with Crippen molar-refractivity contribution in [3.05, 3.63) is 40.9 Å². The normalized spacial score (nSPS) is 10.5. The molecule has 1 aromatic heterocycles. The Morgan fingerprint density at radius 1 is 1.53 bits per heavy atom. The molecule has 1 N–H and O–H groups in total. The van der Waals surface area contributed by atoms with Gasteiger partial charge in [-0.15, -0.1) is 10.2 Å². The number of aromatic carboxylic acids is 1. The van der Waals surface area contributed by atoms with Crippen molar-refractivity contribution in [2.24, 2.45) is 0 Å². The van der Waals surface area contributed by atoms with E-state index in [1.807, 2.05) is 6.92 Å². The van der Waals surface area contributed by atoms with Crippen molar-refractivity contribution < 1.29 is 9.90 Å². The Labute approximate surface area is 103 Å². The van der Waals surface area contributed by atoms with E-state index in [0.29, 0.717) is 12.1 Å². The smallest absolute Gasteiger partial charge is 0.337 e. The van der Waals surface area contributed by atoms with Crippen LogP contribution >= 0.6 is 11.6 Å². The Bertz CT molecular complexity index is 566. The highest BCUT2D eigenvalue weighted by atomic mass is 35.5. The van der Waals surface area contributed by atoms with Crippen molar-refractivity contribution in [1.82, 2.24) is 14.8 Å². The number of aryl methyl sites for hydroxylation is 1. The van der Waals surface area contributed by atoms with Crippen LogP contribution in [0.15, 0.2) is 24.5 Å². The van der Waals surface area contributed by atoms with Gasteiger partial charge in [0.15, 0.2) is 0 Å². The van der Waals surface area contributed by atoms with Crippen LogP contribution in [0.4, 0.5) is 0 Å². The van der Waals surface area contributed by atoms with Gasteiger partial charge in [-0.2, -0.15) is 0 Å². The molecule has 2 aromatic rings. The first-order valence-electron chi connectivity index (χ1n) is 5.05. The lowest BCUT2D eigenvalue weighted by Crippen LogP contribution is -2.03. The van der Waals surface area contributed by atoms with Crippen LogP contribution in [-0.4, -0.2) is 25.8 Å². The van der Waals surface area contributed by atoms with Gasteiger partial charge in [-0.3, -0.25) is 4.57 Å². The molecular weight excluding hydrogens is 242 g/mol. The Kier molecular flexibility index (Phi) is 3.10. The number of halogens is 1. The van der Waals surface area contributed by atoms with Gasteiger partial charge in [0.1, 0.15) is 12.2 Å². The monoisotopic (exact) mass is 251 g/mol. The van der Waals surface area contributed by atoms with Crippen LogP contribution in [-0.2, 0) is 6.42 Å². The summed E-state index contributed by atoms with van der Waals surface area (Å²) < 4.78 is 1.74. The molecule has 0 aliphatic rings. The van der Waals surface area contributed by atoms with Crippen LogP contribution in [0.5, 0.6) is 0 Å². The number of carboxylic acid groups (broad SMARTS) is 1. The van der Waals surface area contributed by atoms with Crippen LogP contribution in [0.3, 0.4) is 0 Å². The highest BCUT2D eigenvalue weighted by molar-refractivity contribution is 6.33. The minimum Gasteiger partial charge on any atom is -0.478 e. The van der Waals surface area contributed by atoms with Crippen molar-refractivity contribution in [3.8, 4) is 5.69 Å². The molecule has 17 heavy (non-hydrogen) atoms. The Morgan fingerprint density at radius 2 is 2.29 bits per heavy atom. The second kappa shape index (κ2) is 4.55. The fraction of sp³-hybridized carbons (Fsp3) is 0.182. The van der Waals surface area contributed by atoms with Gasteiger partial charge in [0, 0.05) is 12.1 Å². The van der Waals surface area contributed by atoms with Gasteiger partial charge in [0.25, 0.3) is 0 Å². The third-order valence-corrected chi connectivity index (χ3v) is 2.72. The molecule has 0 bridgehead atoms. The zero-order valence-electron chi connectivity index (χ0n) is 9.09. The van der Waals surface area contributed by atoms with E-state index in [-0.39, 0.29) is 10.6 Å². The highest BCUT2D eigenvalue weighted by Gasteiger charge is 2.11. The molecule has 6 heteroatoms. The number of aromatic nitrogens is 3. The molecule has 0 atom stereocenters. The molecule has 0 aliphatic heterocycles. The lowest BCUT2D eigenvalue weighted by Gasteiger charge is -2.07. The number of benzene rings is 1. The summed E-state index contributed by atoms with van der Waals surface area (Å²) in [6, 6.07) is 4.80. The summed E-state index contributed by atoms with van der Waals surface area (Å²) in [4.78, 5) is 11.0. The number of hydrogen-bond acceptors (Lipinski definition) is 3. The molecule has 0 amide bonds. The molecule has 2 rings (SSSR count). The van der Waals surface area contributed by atoms with Crippen LogP contribution < -0.4 is 0 Å². The van der Waals surface area contributed by atoms with Crippen LogP contribution in [0, 0.1) is 0 Å². The van der Waals surface area contributed by atoms with E-state index in [1.54, 1.807) is 23.0 Å². The molecule has 0 fully saturated rings. The van der Waals surface area contributed by atoms with E-state index in [1.165, 1.54) is 6.07 Å². The molecule has 0 unspecified atom stereocenters. The van der Waals surface area contributed by atoms with Gasteiger partial charge < -0.3 is 5.11 Å². The number of carboxylic acids is 1. The number of hydrogen-bond donors (Lipinski definition) is 1. The fourth-order valence-electron chi connectivity index (χ4n) is 1.54.